The Morgan fingerprint density at radius 3 is 2.75 bits per heavy atom. The molecule has 1 saturated heterocycles. The molecule has 1 heterocycles. The molecule has 0 aromatic rings. The lowest BCUT2D eigenvalue weighted by Crippen LogP contribution is -2.45. The largest absolute Gasteiger partial charge is 0.444 e. The first kappa shape index (κ1) is 13.1. The molecule has 1 rings (SSSR count). The van der Waals surface area contributed by atoms with Crippen LogP contribution in [0.25, 0.3) is 0 Å². The van der Waals surface area contributed by atoms with Gasteiger partial charge in [-0.25, -0.2) is 4.79 Å². The van der Waals surface area contributed by atoms with Crippen molar-refractivity contribution in [3.8, 4) is 0 Å². The Bertz CT molecular complexity index is 255. The molecule has 0 aliphatic carbocycles. The Balaban J connectivity index is 2.60. The molecule has 3 heteroatoms. The molecule has 0 radical (unpaired) electrons. The van der Waals surface area contributed by atoms with Crippen LogP contribution in [0.2, 0.25) is 0 Å². The number of rotatable bonds is 2. The number of carbonyl (C=O) groups excluding carboxylic acids is 1. The van der Waals surface area contributed by atoms with Gasteiger partial charge in [-0.2, -0.15) is 0 Å². The third-order valence-corrected chi connectivity index (χ3v) is 2.69. The summed E-state index contributed by atoms with van der Waals surface area (Å²) in [5, 5.41) is 0. The Morgan fingerprint density at radius 1 is 1.50 bits per heavy atom. The average Bonchev–Trinajstić information content (AvgIpc) is 2.16. The van der Waals surface area contributed by atoms with Crippen LogP contribution in [0.1, 0.15) is 46.5 Å². The van der Waals surface area contributed by atoms with Crippen LogP contribution >= 0.6 is 0 Å². The van der Waals surface area contributed by atoms with Gasteiger partial charge in [-0.05, 0) is 46.5 Å². The van der Waals surface area contributed by atoms with Crippen LogP contribution in [0.3, 0.4) is 0 Å². The quantitative estimate of drug-likeness (QED) is 0.674. The molecular formula is C13H23NO2. The van der Waals surface area contributed by atoms with Gasteiger partial charge in [-0.1, -0.05) is 6.08 Å². The predicted molar refractivity (Wildman–Crippen MR) is 65.4 cm³/mol. The van der Waals surface area contributed by atoms with Crippen LogP contribution in [-0.4, -0.2) is 29.2 Å². The summed E-state index contributed by atoms with van der Waals surface area (Å²) in [6.45, 7) is 10.3. The number of ether oxygens (including phenoxy) is 1. The second kappa shape index (κ2) is 5.37. The van der Waals surface area contributed by atoms with E-state index in [-0.39, 0.29) is 12.1 Å². The summed E-state index contributed by atoms with van der Waals surface area (Å²) in [5.41, 5.74) is -0.409. The maximum absolute atomic E-state index is 12.0. The van der Waals surface area contributed by atoms with Crippen LogP contribution < -0.4 is 0 Å². The summed E-state index contributed by atoms with van der Waals surface area (Å²) in [6.07, 6.45) is 5.89. The van der Waals surface area contributed by atoms with Crippen LogP contribution in [0.4, 0.5) is 4.79 Å². The van der Waals surface area contributed by atoms with Gasteiger partial charge in [0, 0.05) is 12.6 Å². The van der Waals surface area contributed by atoms with Gasteiger partial charge in [0.15, 0.2) is 0 Å². The highest BCUT2D eigenvalue weighted by Crippen LogP contribution is 2.22. The molecule has 0 bridgehead atoms. The van der Waals surface area contributed by atoms with Gasteiger partial charge in [0.2, 0.25) is 0 Å². The molecule has 0 saturated carbocycles. The Labute approximate surface area is 98.5 Å². The summed E-state index contributed by atoms with van der Waals surface area (Å²) in [5.74, 6) is 0. The highest BCUT2D eigenvalue weighted by molar-refractivity contribution is 5.68. The van der Waals surface area contributed by atoms with Gasteiger partial charge < -0.3 is 9.64 Å². The number of amides is 1. The van der Waals surface area contributed by atoms with Crippen molar-refractivity contribution in [2.45, 2.75) is 58.1 Å². The Morgan fingerprint density at radius 2 is 2.19 bits per heavy atom. The maximum Gasteiger partial charge on any atom is 0.410 e. The van der Waals surface area contributed by atoms with Gasteiger partial charge >= 0.3 is 6.09 Å². The molecule has 1 atom stereocenters. The summed E-state index contributed by atoms with van der Waals surface area (Å²) < 4.78 is 5.41. The van der Waals surface area contributed by atoms with E-state index < -0.39 is 5.60 Å². The molecule has 0 aromatic heterocycles. The molecule has 1 aliphatic rings. The number of hydrogen-bond donors (Lipinski definition) is 0. The lowest BCUT2D eigenvalue weighted by Gasteiger charge is -2.36. The van der Waals surface area contributed by atoms with Crippen LogP contribution in [0.5, 0.6) is 0 Å². The highest BCUT2D eigenvalue weighted by atomic mass is 16.6. The summed E-state index contributed by atoms with van der Waals surface area (Å²) >= 11 is 0. The zero-order valence-electron chi connectivity index (χ0n) is 10.7. The lowest BCUT2D eigenvalue weighted by molar-refractivity contribution is 0.0103. The Hall–Kier alpha value is -0.990. The van der Waals surface area contributed by atoms with E-state index >= 15 is 0 Å². The first-order valence-electron chi connectivity index (χ1n) is 6.04. The van der Waals surface area contributed by atoms with Crippen molar-refractivity contribution < 1.29 is 9.53 Å². The fourth-order valence-electron chi connectivity index (χ4n) is 2.00. The molecule has 1 fully saturated rings. The van der Waals surface area contributed by atoms with E-state index in [2.05, 4.69) is 6.58 Å². The molecule has 16 heavy (non-hydrogen) atoms. The molecule has 0 N–H and O–H groups in total. The molecule has 0 aromatic carbocycles. The van der Waals surface area contributed by atoms with E-state index in [4.69, 9.17) is 4.74 Å². The van der Waals surface area contributed by atoms with E-state index in [0.717, 1.165) is 25.8 Å². The van der Waals surface area contributed by atoms with Crippen molar-refractivity contribution in [3.05, 3.63) is 12.7 Å². The minimum Gasteiger partial charge on any atom is -0.444 e. The molecule has 1 aliphatic heterocycles. The van der Waals surface area contributed by atoms with E-state index in [1.807, 2.05) is 31.7 Å². The van der Waals surface area contributed by atoms with Crippen LogP contribution in [0, 0.1) is 0 Å². The summed E-state index contributed by atoms with van der Waals surface area (Å²) in [7, 11) is 0. The third-order valence-electron chi connectivity index (χ3n) is 2.69. The smallest absolute Gasteiger partial charge is 0.410 e. The molecule has 0 unspecified atom stereocenters. The van der Waals surface area contributed by atoms with E-state index in [1.165, 1.54) is 6.42 Å². The summed E-state index contributed by atoms with van der Waals surface area (Å²) in [6, 6.07) is 0.279. The number of likely N-dealkylation sites (tertiary alicyclic amines) is 1. The first-order chi connectivity index (χ1) is 7.44. The standard InChI is InChI=1S/C13H23NO2/c1-5-8-11-9-6-7-10-14(11)12(15)16-13(2,3)4/h5,11H,1,6-10H2,2-4H3/t11-/m1/s1. The van der Waals surface area contributed by atoms with Crippen molar-refractivity contribution in [3.63, 3.8) is 0 Å². The van der Waals surface area contributed by atoms with Crippen molar-refractivity contribution in [1.29, 1.82) is 0 Å². The van der Waals surface area contributed by atoms with Gasteiger partial charge in [0.25, 0.3) is 0 Å². The normalized spacial score (nSPS) is 21.7. The van der Waals surface area contributed by atoms with E-state index in [0.29, 0.717) is 0 Å². The number of nitrogens with zero attached hydrogens (tertiary/aromatic N) is 1. The average molecular weight is 225 g/mol. The molecule has 92 valence electrons. The first-order valence-corrected chi connectivity index (χ1v) is 6.04. The zero-order valence-corrected chi connectivity index (χ0v) is 10.7. The highest BCUT2D eigenvalue weighted by Gasteiger charge is 2.29. The molecular weight excluding hydrogens is 202 g/mol. The molecule has 3 nitrogen and oxygen atoms in total. The van der Waals surface area contributed by atoms with E-state index in [9.17, 15) is 4.79 Å². The van der Waals surface area contributed by atoms with Crippen LogP contribution in [0.15, 0.2) is 12.7 Å². The number of piperidine rings is 1. The van der Waals surface area contributed by atoms with Crippen molar-refractivity contribution in [1.82, 2.24) is 4.90 Å². The van der Waals surface area contributed by atoms with Gasteiger partial charge in [-0.3, -0.25) is 0 Å². The van der Waals surface area contributed by atoms with Crippen LogP contribution in [-0.2, 0) is 4.74 Å². The SMILES string of the molecule is C=CC[C@@H]1CCCCN1C(=O)OC(C)(C)C. The monoisotopic (exact) mass is 225 g/mol. The van der Waals surface area contributed by atoms with Gasteiger partial charge in [0.1, 0.15) is 5.60 Å². The number of carbonyl (C=O) groups is 1. The second-order valence-electron chi connectivity index (χ2n) is 5.35. The minimum absolute atomic E-state index is 0.181. The van der Waals surface area contributed by atoms with E-state index in [1.54, 1.807) is 0 Å². The predicted octanol–water partition coefficient (Wildman–Crippen LogP) is 3.35. The summed E-state index contributed by atoms with van der Waals surface area (Å²) in [4.78, 5) is 13.8. The fourth-order valence-corrected chi connectivity index (χ4v) is 2.00. The van der Waals surface area contributed by atoms with Crippen molar-refractivity contribution >= 4 is 6.09 Å². The number of hydrogen-bond acceptors (Lipinski definition) is 2. The second-order valence-corrected chi connectivity index (χ2v) is 5.35. The Kier molecular flexibility index (Phi) is 4.39. The molecule has 0 spiro atoms. The zero-order chi connectivity index (χ0) is 12.2. The maximum atomic E-state index is 12.0. The minimum atomic E-state index is -0.409. The van der Waals surface area contributed by atoms with Gasteiger partial charge in [0.05, 0.1) is 0 Å². The third kappa shape index (κ3) is 3.87. The van der Waals surface area contributed by atoms with Gasteiger partial charge in [-0.15, -0.1) is 6.58 Å². The fraction of sp³-hybridized carbons (Fsp3) is 0.769. The topological polar surface area (TPSA) is 29.5 Å². The van der Waals surface area contributed by atoms with Crippen molar-refractivity contribution in [2.24, 2.45) is 0 Å². The van der Waals surface area contributed by atoms with Crippen molar-refractivity contribution in [2.75, 3.05) is 6.54 Å². The molecule has 1 amide bonds. The lowest BCUT2D eigenvalue weighted by atomic mass is 10.00.